The standard InChI is InChI=1S/C26H25NO5/c28-25(27-23-13-7-6-12-22(23)26(29)30)24(18-8-2-1-3-9-18)32-21-16-14-20(15-17-21)31-19-10-4-5-11-19/h1-3,6-9,12-17,19,24H,4-5,10-11H2,(H,27,28)(H,29,30). The second-order valence-corrected chi connectivity index (χ2v) is 7.74. The normalized spacial score (nSPS) is 14.5. The summed E-state index contributed by atoms with van der Waals surface area (Å²) < 4.78 is 12.0. The number of para-hydroxylation sites is 1. The van der Waals surface area contributed by atoms with Crippen LogP contribution in [0.25, 0.3) is 0 Å². The molecule has 1 amide bonds. The Hall–Kier alpha value is -3.80. The van der Waals surface area contributed by atoms with Gasteiger partial charge in [-0.25, -0.2) is 4.79 Å². The summed E-state index contributed by atoms with van der Waals surface area (Å²) in [6, 6.07) is 22.6. The fraction of sp³-hybridized carbons (Fsp3) is 0.231. The lowest BCUT2D eigenvalue weighted by atomic mass is 10.1. The lowest BCUT2D eigenvalue weighted by molar-refractivity contribution is -0.123. The molecule has 3 aromatic carbocycles. The van der Waals surface area contributed by atoms with Crippen molar-refractivity contribution < 1.29 is 24.2 Å². The Morgan fingerprint density at radius 1 is 0.844 bits per heavy atom. The number of amides is 1. The predicted octanol–water partition coefficient (Wildman–Crippen LogP) is 5.47. The summed E-state index contributed by atoms with van der Waals surface area (Å²) in [4.78, 5) is 24.6. The van der Waals surface area contributed by atoms with Crippen molar-refractivity contribution in [2.45, 2.75) is 37.9 Å². The Morgan fingerprint density at radius 3 is 2.16 bits per heavy atom. The Morgan fingerprint density at radius 2 is 1.47 bits per heavy atom. The van der Waals surface area contributed by atoms with E-state index < -0.39 is 18.0 Å². The third-order valence-corrected chi connectivity index (χ3v) is 5.44. The molecule has 0 saturated heterocycles. The number of nitrogens with one attached hydrogen (secondary N) is 1. The molecule has 1 aliphatic rings. The van der Waals surface area contributed by atoms with E-state index in [1.807, 2.05) is 30.3 Å². The number of carbonyl (C=O) groups is 2. The van der Waals surface area contributed by atoms with Crippen molar-refractivity contribution in [3.8, 4) is 11.5 Å². The monoisotopic (exact) mass is 431 g/mol. The van der Waals surface area contributed by atoms with Crippen LogP contribution in [0, 0.1) is 0 Å². The molecular formula is C26H25NO5. The first-order chi connectivity index (χ1) is 15.6. The number of ether oxygens (including phenoxy) is 2. The molecule has 6 nitrogen and oxygen atoms in total. The maximum absolute atomic E-state index is 13.1. The zero-order chi connectivity index (χ0) is 22.3. The highest BCUT2D eigenvalue weighted by atomic mass is 16.5. The quantitative estimate of drug-likeness (QED) is 0.494. The van der Waals surface area contributed by atoms with E-state index in [2.05, 4.69) is 5.32 Å². The summed E-state index contributed by atoms with van der Waals surface area (Å²) >= 11 is 0. The maximum atomic E-state index is 13.1. The van der Waals surface area contributed by atoms with Gasteiger partial charge in [0.1, 0.15) is 11.5 Å². The molecule has 6 heteroatoms. The molecule has 4 rings (SSSR count). The van der Waals surface area contributed by atoms with Crippen LogP contribution < -0.4 is 14.8 Å². The number of rotatable bonds is 8. The third kappa shape index (κ3) is 5.27. The molecule has 0 aliphatic heterocycles. The lowest BCUT2D eigenvalue weighted by Crippen LogP contribution is -2.26. The van der Waals surface area contributed by atoms with Gasteiger partial charge in [0.25, 0.3) is 5.91 Å². The minimum atomic E-state index is -1.11. The zero-order valence-electron chi connectivity index (χ0n) is 17.6. The number of aromatic carboxylic acids is 1. The molecule has 0 aromatic heterocycles. The number of anilines is 1. The summed E-state index contributed by atoms with van der Waals surface area (Å²) in [5.41, 5.74) is 0.889. The van der Waals surface area contributed by atoms with Crippen molar-refractivity contribution in [1.82, 2.24) is 0 Å². The minimum Gasteiger partial charge on any atom is -0.490 e. The van der Waals surface area contributed by atoms with Crippen LogP contribution in [-0.4, -0.2) is 23.1 Å². The maximum Gasteiger partial charge on any atom is 0.337 e. The Balaban J connectivity index is 1.52. The van der Waals surface area contributed by atoms with Gasteiger partial charge in [-0.05, 0) is 62.1 Å². The van der Waals surface area contributed by atoms with Gasteiger partial charge >= 0.3 is 5.97 Å². The van der Waals surface area contributed by atoms with E-state index in [-0.39, 0.29) is 17.4 Å². The molecule has 1 saturated carbocycles. The summed E-state index contributed by atoms with van der Waals surface area (Å²) in [5, 5.41) is 12.1. The summed E-state index contributed by atoms with van der Waals surface area (Å²) in [7, 11) is 0. The SMILES string of the molecule is O=C(O)c1ccccc1NC(=O)C(Oc1ccc(OC2CCCC2)cc1)c1ccccc1. The van der Waals surface area contributed by atoms with E-state index in [9.17, 15) is 14.7 Å². The molecule has 0 bridgehead atoms. The highest BCUT2D eigenvalue weighted by Gasteiger charge is 2.24. The van der Waals surface area contributed by atoms with Crippen molar-refractivity contribution in [2.24, 2.45) is 0 Å². The Labute approximate surface area is 186 Å². The number of hydrogen-bond acceptors (Lipinski definition) is 4. The van der Waals surface area contributed by atoms with Crippen LogP contribution in [0.5, 0.6) is 11.5 Å². The van der Waals surface area contributed by atoms with Crippen LogP contribution in [0.4, 0.5) is 5.69 Å². The second kappa shape index (κ2) is 10.0. The first-order valence-electron chi connectivity index (χ1n) is 10.7. The van der Waals surface area contributed by atoms with Gasteiger partial charge in [0.15, 0.2) is 0 Å². The van der Waals surface area contributed by atoms with Gasteiger partial charge in [-0.3, -0.25) is 4.79 Å². The Kier molecular flexibility index (Phi) is 6.70. The van der Waals surface area contributed by atoms with Crippen LogP contribution in [0.15, 0.2) is 78.9 Å². The van der Waals surface area contributed by atoms with Gasteiger partial charge in [0.05, 0.1) is 17.4 Å². The number of carboxylic acid groups (broad SMARTS) is 1. The van der Waals surface area contributed by atoms with E-state index in [1.54, 1.807) is 42.5 Å². The topological polar surface area (TPSA) is 84.9 Å². The van der Waals surface area contributed by atoms with Gasteiger partial charge in [0, 0.05) is 5.56 Å². The van der Waals surface area contributed by atoms with Crippen molar-refractivity contribution in [1.29, 1.82) is 0 Å². The van der Waals surface area contributed by atoms with Gasteiger partial charge < -0.3 is 19.9 Å². The summed E-state index contributed by atoms with van der Waals surface area (Å²) in [6.45, 7) is 0. The summed E-state index contributed by atoms with van der Waals surface area (Å²) in [6.07, 6.45) is 3.85. The van der Waals surface area contributed by atoms with Crippen LogP contribution in [0.3, 0.4) is 0 Å². The molecule has 3 aromatic rings. The molecule has 164 valence electrons. The number of carboxylic acids is 1. The van der Waals surface area contributed by atoms with Crippen molar-refractivity contribution in [3.63, 3.8) is 0 Å². The van der Waals surface area contributed by atoms with E-state index in [0.29, 0.717) is 11.3 Å². The second-order valence-electron chi connectivity index (χ2n) is 7.74. The fourth-order valence-corrected chi connectivity index (χ4v) is 3.81. The molecule has 1 fully saturated rings. The fourth-order valence-electron chi connectivity index (χ4n) is 3.81. The molecule has 32 heavy (non-hydrogen) atoms. The molecule has 0 heterocycles. The van der Waals surface area contributed by atoms with E-state index in [4.69, 9.17) is 9.47 Å². The van der Waals surface area contributed by atoms with Gasteiger partial charge in [-0.1, -0.05) is 42.5 Å². The average molecular weight is 431 g/mol. The number of hydrogen-bond donors (Lipinski definition) is 2. The highest BCUT2D eigenvalue weighted by molar-refractivity contribution is 6.02. The lowest BCUT2D eigenvalue weighted by Gasteiger charge is -2.20. The van der Waals surface area contributed by atoms with Crippen molar-refractivity contribution >= 4 is 17.6 Å². The first kappa shape index (κ1) is 21.4. The zero-order valence-corrected chi connectivity index (χ0v) is 17.6. The first-order valence-corrected chi connectivity index (χ1v) is 10.7. The van der Waals surface area contributed by atoms with Crippen LogP contribution in [0.1, 0.15) is 47.7 Å². The molecule has 1 unspecified atom stereocenters. The molecule has 1 aliphatic carbocycles. The smallest absolute Gasteiger partial charge is 0.337 e. The molecular weight excluding hydrogens is 406 g/mol. The van der Waals surface area contributed by atoms with Crippen molar-refractivity contribution in [2.75, 3.05) is 5.32 Å². The predicted molar refractivity (Wildman–Crippen MR) is 121 cm³/mol. The largest absolute Gasteiger partial charge is 0.490 e. The Bertz CT molecular complexity index is 1060. The van der Waals surface area contributed by atoms with Crippen molar-refractivity contribution in [3.05, 3.63) is 90.0 Å². The van der Waals surface area contributed by atoms with E-state index in [0.717, 1.165) is 18.6 Å². The number of benzene rings is 3. The summed E-state index contributed by atoms with van der Waals surface area (Å²) in [5.74, 6) is -0.285. The number of carbonyl (C=O) groups excluding carboxylic acids is 1. The third-order valence-electron chi connectivity index (χ3n) is 5.44. The van der Waals surface area contributed by atoms with Gasteiger partial charge in [-0.15, -0.1) is 0 Å². The highest BCUT2D eigenvalue weighted by Crippen LogP contribution is 2.28. The minimum absolute atomic E-state index is 0.0149. The van der Waals surface area contributed by atoms with Crippen LogP contribution >= 0.6 is 0 Å². The average Bonchev–Trinajstić information content (AvgIpc) is 3.32. The van der Waals surface area contributed by atoms with Gasteiger partial charge in [-0.2, -0.15) is 0 Å². The molecule has 1 atom stereocenters. The molecule has 0 radical (unpaired) electrons. The molecule has 2 N–H and O–H groups in total. The van der Waals surface area contributed by atoms with E-state index >= 15 is 0 Å². The molecule has 0 spiro atoms. The van der Waals surface area contributed by atoms with Crippen LogP contribution in [0.2, 0.25) is 0 Å². The van der Waals surface area contributed by atoms with E-state index in [1.165, 1.54) is 18.9 Å². The van der Waals surface area contributed by atoms with Crippen LogP contribution in [-0.2, 0) is 4.79 Å². The van der Waals surface area contributed by atoms with Gasteiger partial charge in [0.2, 0.25) is 6.10 Å².